The molecule has 0 unspecified atom stereocenters. The smallest absolute Gasteiger partial charge is 0.416 e. The molecule has 266 valence electrons. The van der Waals surface area contributed by atoms with Crippen LogP contribution in [0, 0.1) is 0 Å². The normalized spacial score (nSPS) is 18.1. The molecule has 1 aromatic heterocycles. The molecule has 0 fully saturated rings. The van der Waals surface area contributed by atoms with E-state index in [4.69, 9.17) is 10.5 Å². The first-order valence-electron chi connectivity index (χ1n) is 14.8. The minimum atomic E-state index is -5.13. The number of nitrogens with zero attached hydrogens (tertiary/aromatic N) is 3. The highest BCUT2D eigenvalue weighted by molar-refractivity contribution is 5.91. The van der Waals surface area contributed by atoms with Gasteiger partial charge in [-0.1, -0.05) is 6.92 Å². The lowest BCUT2D eigenvalue weighted by Gasteiger charge is -2.46. The number of anilines is 1. The van der Waals surface area contributed by atoms with Crippen LogP contribution in [0.15, 0.2) is 42.6 Å². The van der Waals surface area contributed by atoms with Gasteiger partial charge in [0.2, 0.25) is 0 Å². The number of amides is 3. The number of nitrogens with one attached hydrogen (secondary N) is 2. The number of carbonyl (C=O) groups is 2. The van der Waals surface area contributed by atoms with E-state index in [0.29, 0.717) is 12.1 Å². The lowest BCUT2D eigenvalue weighted by atomic mass is 9.80. The van der Waals surface area contributed by atoms with Crippen LogP contribution in [-0.4, -0.2) is 41.4 Å². The molecule has 1 aliphatic heterocycles. The molecule has 3 aromatic rings. The molecule has 4 N–H and O–H groups in total. The van der Waals surface area contributed by atoms with Crippen molar-refractivity contribution in [2.45, 2.75) is 69.8 Å². The molecule has 0 aliphatic carbocycles. The Kier molecular flexibility index (Phi) is 10.4. The summed E-state index contributed by atoms with van der Waals surface area (Å²) in [5.74, 6) is -1.31. The molecule has 3 amide bonds. The van der Waals surface area contributed by atoms with Crippen LogP contribution in [-0.2, 0) is 36.2 Å². The molecular formula is C31H31F9N6O3. The quantitative estimate of drug-likeness (QED) is 0.225. The standard InChI is InChI=1S/C31H31F9N6O3/c1-4-28(41)13-22(21-12-18(29(32,33)34)6-7-24(21)46(28)27(48)49-5-2)25-43-14-17(15-44-26(47)42-3)23(45-25)10-16-8-19(30(35,36)37)11-20(9-16)31(38,39)40/h6-9,11-12,14,22H,4-5,10,13,15,41H2,1-3H3,(H2,42,44,47)/t22-,28+/m0/s1. The lowest BCUT2D eigenvalue weighted by molar-refractivity contribution is -0.143. The monoisotopic (exact) mass is 706 g/mol. The van der Waals surface area contributed by atoms with E-state index in [-0.39, 0.29) is 60.4 Å². The topological polar surface area (TPSA) is 122 Å². The zero-order chi connectivity index (χ0) is 36.5. The summed E-state index contributed by atoms with van der Waals surface area (Å²) in [5, 5.41) is 4.74. The summed E-state index contributed by atoms with van der Waals surface area (Å²) in [5.41, 5.74) is 0.378. The largest absolute Gasteiger partial charge is 0.449 e. The van der Waals surface area contributed by atoms with E-state index in [2.05, 4.69) is 20.6 Å². The third-order valence-corrected chi connectivity index (χ3v) is 8.01. The number of carbonyl (C=O) groups excluding carboxylic acids is 2. The van der Waals surface area contributed by atoms with Crippen LogP contribution in [0.1, 0.15) is 77.5 Å². The Hall–Kier alpha value is -4.61. The van der Waals surface area contributed by atoms with E-state index in [0.717, 1.165) is 23.1 Å². The molecule has 0 saturated heterocycles. The Morgan fingerprint density at radius 3 is 2.10 bits per heavy atom. The van der Waals surface area contributed by atoms with E-state index < -0.39 is 70.9 Å². The number of urea groups is 1. The molecular weight excluding hydrogens is 675 g/mol. The maximum Gasteiger partial charge on any atom is 0.416 e. The van der Waals surface area contributed by atoms with Gasteiger partial charge < -0.3 is 21.1 Å². The van der Waals surface area contributed by atoms with E-state index in [1.807, 2.05) is 0 Å². The number of hydrogen-bond donors (Lipinski definition) is 3. The molecule has 2 aromatic carbocycles. The number of aromatic nitrogens is 2. The van der Waals surface area contributed by atoms with Crippen molar-refractivity contribution in [3.63, 3.8) is 0 Å². The molecule has 2 heterocycles. The molecule has 1 aliphatic rings. The highest BCUT2D eigenvalue weighted by Gasteiger charge is 2.47. The average Bonchev–Trinajstić information content (AvgIpc) is 3.02. The number of halogens is 9. The van der Waals surface area contributed by atoms with Crippen LogP contribution in [0.5, 0.6) is 0 Å². The van der Waals surface area contributed by atoms with Crippen molar-refractivity contribution >= 4 is 17.8 Å². The number of benzene rings is 2. The van der Waals surface area contributed by atoms with Gasteiger partial charge in [-0.15, -0.1) is 0 Å². The second-order valence-electron chi connectivity index (χ2n) is 11.2. The SMILES string of the molecule is CCOC(=O)N1c2ccc(C(F)(F)F)cc2[C@@H](c2ncc(CNC(=O)NC)c(Cc3cc(C(F)(F)F)cc(C(F)(F)F)c3)n2)C[C@@]1(N)CC. The van der Waals surface area contributed by atoms with Gasteiger partial charge in [-0.2, -0.15) is 39.5 Å². The summed E-state index contributed by atoms with van der Waals surface area (Å²) in [6, 6.07) is 2.96. The van der Waals surface area contributed by atoms with Crippen LogP contribution in [0.25, 0.3) is 0 Å². The fourth-order valence-corrected chi connectivity index (χ4v) is 5.51. The highest BCUT2D eigenvalue weighted by Crippen LogP contribution is 2.47. The molecule has 0 radical (unpaired) electrons. The van der Waals surface area contributed by atoms with Crippen LogP contribution in [0.3, 0.4) is 0 Å². The lowest BCUT2D eigenvalue weighted by Crippen LogP contribution is -2.61. The van der Waals surface area contributed by atoms with E-state index in [1.54, 1.807) is 6.92 Å². The number of hydrogen-bond acceptors (Lipinski definition) is 6. The van der Waals surface area contributed by atoms with Crippen LogP contribution >= 0.6 is 0 Å². The van der Waals surface area contributed by atoms with Crippen molar-refractivity contribution in [3.8, 4) is 0 Å². The maximum absolute atomic E-state index is 13.9. The second-order valence-corrected chi connectivity index (χ2v) is 11.2. The fourth-order valence-electron chi connectivity index (χ4n) is 5.51. The van der Waals surface area contributed by atoms with Gasteiger partial charge in [0, 0.05) is 37.7 Å². The first kappa shape index (κ1) is 37.2. The summed E-state index contributed by atoms with van der Waals surface area (Å²) in [4.78, 5) is 34.8. The Balaban J connectivity index is 1.93. The summed E-state index contributed by atoms with van der Waals surface area (Å²) >= 11 is 0. The summed E-state index contributed by atoms with van der Waals surface area (Å²) in [6.45, 7) is 2.77. The van der Waals surface area contributed by atoms with Gasteiger partial charge >= 0.3 is 30.7 Å². The number of fused-ring (bicyclic) bond motifs is 1. The highest BCUT2D eigenvalue weighted by atomic mass is 19.4. The van der Waals surface area contributed by atoms with Crippen LogP contribution < -0.4 is 21.3 Å². The van der Waals surface area contributed by atoms with Crippen LogP contribution in [0.2, 0.25) is 0 Å². The molecule has 9 nitrogen and oxygen atoms in total. The molecule has 4 rings (SSSR count). The molecule has 0 saturated carbocycles. The zero-order valence-corrected chi connectivity index (χ0v) is 26.2. The Morgan fingerprint density at radius 1 is 0.959 bits per heavy atom. The second kappa shape index (κ2) is 13.7. The summed E-state index contributed by atoms with van der Waals surface area (Å²) in [7, 11) is 1.30. The molecule has 2 atom stereocenters. The minimum Gasteiger partial charge on any atom is -0.449 e. The minimum absolute atomic E-state index is 0.0268. The summed E-state index contributed by atoms with van der Waals surface area (Å²) in [6.07, 6.45) is -15.6. The number of ether oxygens (including phenoxy) is 1. The van der Waals surface area contributed by atoms with Crippen molar-refractivity contribution < 1.29 is 53.8 Å². The third kappa shape index (κ3) is 8.17. The number of nitrogens with two attached hydrogens (primary N) is 1. The third-order valence-electron chi connectivity index (χ3n) is 8.01. The fraction of sp³-hybridized carbons (Fsp3) is 0.419. The van der Waals surface area contributed by atoms with Crippen molar-refractivity contribution in [3.05, 3.63) is 87.5 Å². The van der Waals surface area contributed by atoms with Crippen LogP contribution in [0.4, 0.5) is 54.8 Å². The predicted octanol–water partition coefficient (Wildman–Crippen LogP) is 7.12. The van der Waals surface area contributed by atoms with Crippen molar-refractivity contribution in [2.75, 3.05) is 18.6 Å². The maximum atomic E-state index is 13.9. The molecule has 18 heteroatoms. The first-order chi connectivity index (χ1) is 22.7. The summed E-state index contributed by atoms with van der Waals surface area (Å²) < 4.78 is 129. The Morgan fingerprint density at radius 2 is 1.57 bits per heavy atom. The van der Waals surface area contributed by atoms with Gasteiger partial charge in [0.05, 0.1) is 34.7 Å². The Bertz CT molecular complexity index is 1680. The van der Waals surface area contributed by atoms with Gasteiger partial charge in [-0.25, -0.2) is 19.6 Å². The molecule has 49 heavy (non-hydrogen) atoms. The molecule has 0 bridgehead atoms. The number of rotatable bonds is 7. The van der Waals surface area contributed by atoms with E-state index >= 15 is 0 Å². The van der Waals surface area contributed by atoms with Gasteiger partial charge in [0.1, 0.15) is 11.5 Å². The van der Waals surface area contributed by atoms with Crippen molar-refractivity contribution in [1.29, 1.82) is 0 Å². The number of alkyl halides is 9. The average molecular weight is 707 g/mol. The van der Waals surface area contributed by atoms with Crippen molar-refractivity contribution in [2.24, 2.45) is 5.73 Å². The first-order valence-corrected chi connectivity index (χ1v) is 14.8. The Labute approximate surface area is 274 Å². The van der Waals surface area contributed by atoms with E-state index in [9.17, 15) is 49.1 Å². The zero-order valence-electron chi connectivity index (χ0n) is 26.2. The van der Waals surface area contributed by atoms with Gasteiger partial charge in [-0.05, 0) is 67.3 Å². The van der Waals surface area contributed by atoms with Gasteiger partial charge in [-0.3, -0.25) is 4.90 Å². The molecule has 0 spiro atoms. The van der Waals surface area contributed by atoms with Gasteiger partial charge in [0.25, 0.3) is 0 Å². The van der Waals surface area contributed by atoms with Crippen molar-refractivity contribution in [1.82, 2.24) is 20.6 Å². The predicted molar refractivity (Wildman–Crippen MR) is 157 cm³/mol. The van der Waals surface area contributed by atoms with E-state index in [1.165, 1.54) is 20.2 Å². The van der Waals surface area contributed by atoms with Gasteiger partial charge in [0.15, 0.2) is 0 Å².